The Morgan fingerprint density at radius 2 is 1.93 bits per heavy atom. The number of hydrogen-bond acceptors (Lipinski definition) is 5. The SMILES string of the molecule is Cc1cccc(N(CC#N)C(=O)Oc2cccc(NC(=O)OC(C)C)c2)c1. The number of anilines is 2. The van der Waals surface area contributed by atoms with Gasteiger partial charge in [0.1, 0.15) is 12.3 Å². The minimum atomic E-state index is -0.691. The molecule has 0 saturated carbocycles. The van der Waals surface area contributed by atoms with E-state index < -0.39 is 12.2 Å². The van der Waals surface area contributed by atoms with Crippen molar-refractivity contribution in [1.82, 2.24) is 0 Å². The molecule has 0 aromatic heterocycles. The maximum Gasteiger partial charge on any atom is 0.420 e. The fourth-order valence-electron chi connectivity index (χ4n) is 2.28. The average molecular weight is 367 g/mol. The van der Waals surface area contributed by atoms with E-state index in [0.29, 0.717) is 11.4 Å². The highest BCUT2D eigenvalue weighted by Gasteiger charge is 2.18. The van der Waals surface area contributed by atoms with Crippen LogP contribution in [-0.2, 0) is 4.74 Å². The fourth-order valence-corrected chi connectivity index (χ4v) is 2.28. The molecule has 0 saturated heterocycles. The van der Waals surface area contributed by atoms with Crippen LogP contribution >= 0.6 is 0 Å². The fraction of sp³-hybridized carbons (Fsp3) is 0.250. The Balaban J connectivity index is 2.12. The standard InChI is InChI=1S/C20H21N3O4/c1-14(2)26-19(24)22-16-7-5-9-18(13-16)27-20(25)23(11-10-21)17-8-4-6-15(3)12-17/h4-9,12-14H,11H2,1-3H3,(H,22,24). The van der Waals surface area contributed by atoms with Crippen molar-refractivity contribution >= 4 is 23.6 Å². The molecule has 2 rings (SSSR count). The second-order valence-electron chi connectivity index (χ2n) is 6.06. The van der Waals surface area contributed by atoms with Gasteiger partial charge in [0.05, 0.1) is 12.2 Å². The summed E-state index contributed by atoms with van der Waals surface area (Å²) in [7, 11) is 0. The van der Waals surface area contributed by atoms with Crippen LogP contribution in [0.15, 0.2) is 48.5 Å². The number of nitrogens with one attached hydrogen (secondary N) is 1. The average Bonchev–Trinajstić information content (AvgIpc) is 2.59. The van der Waals surface area contributed by atoms with Crippen LogP contribution in [0.3, 0.4) is 0 Å². The third kappa shape index (κ3) is 6.04. The lowest BCUT2D eigenvalue weighted by molar-refractivity contribution is 0.130. The normalized spacial score (nSPS) is 10.0. The van der Waals surface area contributed by atoms with Gasteiger partial charge in [-0.25, -0.2) is 9.59 Å². The molecular weight excluding hydrogens is 346 g/mol. The van der Waals surface area contributed by atoms with Gasteiger partial charge in [-0.05, 0) is 50.6 Å². The van der Waals surface area contributed by atoms with Gasteiger partial charge in [-0.3, -0.25) is 10.2 Å². The van der Waals surface area contributed by atoms with Gasteiger partial charge in [-0.15, -0.1) is 0 Å². The van der Waals surface area contributed by atoms with Crippen LogP contribution in [0.25, 0.3) is 0 Å². The Labute approximate surface area is 158 Å². The Bertz CT molecular complexity index is 858. The van der Waals surface area contributed by atoms with E-state index in [1.54, 1.807) is 50.2 Å². The van der Waals surface area contributed by atoms with Crippen LogP contribution in [0.1, 0.15) is 19.4 Å². The first-order valence-electron chi connectivity index (χ1n) is 8.39. The lowest BCUT2D eigenvalue weighted by Gasteiger charge is -2.19. The zero-order valence-electron chi connectivity index (χ0n) is 15.4. The highest BCUT2D eigenvalue weighted by molar-refractivity contribution is 5.90. The van der Waals surface area contributed by atoms with E-state index in [9.17, 15) is 9.59 Å². The van der Waals surface area contributed by atoms with Crippen molar-refractivity contribution in [2.75, 3.05) is 16.8 Å². The third-order valence-electron chi connectivity index (χ3n) is 3.39. The number of aryl methyl sites for hydroxylation is 1. The molecule has 7 heteroatoms. The number of amides is 2. The summed E-state index contributed by atoms with van der Waals surface area (Å²) in [6.45, 7) is 5.23. The first kappa shape index (κ1) is 19.8. The molecule has 0 atom stereocenters. The summed E-state index contributed by atoms with van der Waals surface area (Å²) in [4.78, 5) is 25.5. The van der Waals surface area contributed by atoms with Crippen LogP contribution < -0.4 is 15.0 Å². The third-order valence-corrected chi connectivity index (χ3v) is 3.39. The minimum Gasteiger partial charge on any atom is -0.447 e. The van der Waals surface area contributed by atoms with Gasteiger partial charge in [0.25, 0.3) is 0 Å². The van der Waals surface area contributed by atoms with Crippen molar-refractivity contribution in [3.8, 4) is 11.8 Å². The number of ether oxygens (including phenoxy) is 2. The Hall–Kier alpha value is -3.53. The predicted octanol–water partition coefficient (Wildman–Crippen LogP) is 4.48. The second-order valence-corrected chi connectivity index (χ2v) is 6.06. The zero-order chi connectivity index (χ0) is 19.8. The molecule has 27 heavy (non-hydrogen) atoms. The molecule has 0 bridgehead atoms. The quantitative estimate of drug-likeness (QED) is 0.787. The number of carbonyl (C=O) groups excluding carboxylic acids is 2. The zero-order valence-corrected chi connectivity index (χ0v) is 15.4. The Morgan fingerprint density at radius 3 is 2.59 bits per heavy atom. The first-order chi connectivity index (χ1) is 12.9. The highest BCUT2D eigenvalue weighted by Crippen LogP contribution is 2.21. The molecule has 140 valence electrons. The number of nitriles is 1. The molecule has 0 heterocycles. The molecule has 2 aromatic rings. The number of benzene rings is 2. The molecule has 2 aromatic carbocycles. The summed E-state index contributed by atoms with van der Waals surface area (Å²) >= 11 is 0. The van der Waals surface area contributed by atoms with Crippen molar-refractivity contribution in [2.45, 2.75) is 26.9 Å². The van der Waals surface area contributed by atoms with Crippen LogP contribution in [-0.4, -0.2) is 24.8 Å². The van der Waals surface area contributed by atoms with Crippen LogP contribution in [0, 0.1) is 18.3 Å². The summed E-state index contributed by atoms with van der Waals surface area (Å²) in [5, 5.41) is 11.6. The van der Waals surface area contributed by atoms with Crippen molar-refractivity contribution in [3.05, 3.63) is 54.1 Å². The van der Waals surface area contributed by atoms with E-state index in [1.165, 1.54) is 11.0 Å². The molecule has 0 radical (unpaired) electrons. The van der Waals surface area contributed by atoms with Gasteiger partial charge in [0.15, 0.2) is 0 Å². The molecule has 0 spiro atoms. The highest BCUT2D eigenvalue weighted by atomic mass is 16.6. The van der Waals surface area contributed by atoms with E-state index in [2.05, 4.69) is 5.32 Å². The lowest BCUT2D eigenvalue weighted by Crippen LogP contribution is -2.34. The van der Waals surface area contributed by atoms with Gasteiger partial charge in [-0.1, -0.05) is 18.2 Å². The first-order valence-corrected chi connectivity index (χ1v) is 8.39. The van der Waals surface area contributed by atoms with Gasteiger partial charge >= 0.3 is 12.2 Å². The summed E-state index contributed by atoms with van der Waals surface area (Å²) in [5.74, 6) is 0.234. The Morgan fingerprint density at radius 1 is 1.19 bits per heavy atom. The molecule has 2 amide bonds. The lowest BCUT2D eigenvalue weighted by atomic mass is 10.2. The van der Waals surface area contributed by atoms with Gasteiger partial charge in [-0.2, -0.15) is 5.26 Å². The topological polar surface area (TPSA) is 91.7 Å². The summed E-state index contributed by atoms with van der Waals surface area (Å²) in [5.41, 5.74) is 1.95. The van der Waals surface area contributed by atoms with Crippen LogP contribution in [0.4, 0.5) is 21.0 Å². The minimum absolute atomic E-state index is 0.152. The molecule has 0 unspecified atom stereocenters. The predicted molar refractivity (Wildman–Crippen MR) is 102 cm³/mol. The molecule has 0 fully saturated rings. The maximum absolute atomic E-state index is 12.5. The number of hydrogen-bond donors (Lipinski definition) is 1. The van der Waals surface area contributed by atoms with E-state index in [4.69, 9.17) is 14.7 Å². The second kappa shape index (κ2) is 9.25. The summed E-state index contributed by atoms with van der Waals surface area (Å²) < 4.78 is 10.4. The Kier molecular flexibility index (Phi) is 6.78. The van der Waals surface area contributed by atoms with Gasteiger partial charge in [0, 0.05) is 17.4 Å². The van der Waals surface area contributed by atoms with Crippen molar-refractivity contribution in [3.63, 3.8) is 0 Å². The largest absolute Gasteiger partial charge is 0.447 e. The smallest absolute Gasteiger partial charge is 0.420 e. The number of carbonyl (C=O) groups is 2. The van der Waals surface area contributed by atoms with Gasteiger partial charge in [0.2, 0.25) is 0 Å². The monoisotopic (exact) mass is 367 g/mol. The number of nitrogens with zero attached hydrogens (tertiary/aromatic N) is 2. The van der Waals surface area contributed by atoms with Crippen LogP contribution in [0.2, 0.25) is 0 Å². The molecule has 1 N–H and O–H groups in total. The number of rotatable bonds is 5. The summed E-state index contributed by atoms with van der Waals surface area (Å²) in [6, 6.07) is 15.5. The molecule has 0 aliphatic carbocycles. The van der Waals surface area contributed by atoms with E-state index in [1.807, 2.05) is 19.1 Å². The molecule has 0 aliphatic heterocycles. The maximum atomic E-state index is 12.5. The molecular formula is C20H21N3O4. The van der Waals surface area contributed by atoms with Crippen molar-refractivity contribution < 1.29 is 19.1 Å². The molecule has 0 aliphatic rings. The van der Waals surface area contributed by atoms with Crippen molar-refractivity contribution in [1.29, 1.82) is 5.26 Å². The van der Waals surface area contributed by atoms with Crippen LogP contribution in [0.5, 0.6) is 5.75 Å². The van der Waals surface area contributed by atoms with Gasteiger partial charge < -0.3 is 9.47 Å². The van der Waals surface area contributed by atoms with E-state index in [0.717, 1.165) is 5.56 Å². The summed E-state index contributed by atoms with van der Waals surface area (Å²) in [6.07, 6.45) is -1.54. The van der Waals surface area contributed by atoms with E-state index in [-0.39, 0.29) is 18.4 Å². The van der Waals surface area contributed by atoms with Crippen molar-refractivity contribution in [2.24, 2.45) is 0 Å². The molecule has 7 nitrogen and oxygen atoms in total. The van der Waals surface area contributed by atoms with E-state index >= 15 is 0 Å².